The first-order chi connectivity index (χ1) is 17.5. The van der Waals surface area contributed by atoms with Gasteiger partial charge in [0.2, 0.25) is 0 Å². The monoisotopic (exact) mass is 504 g/mol. The van der Waals surface area contributed by atoms with E-state index in [0.717, 1.165) is 24.1 Å². The molecule has 0 saturated carbocycles. The molecule has 7 nitrogen and oxygen atoms in total. The quantitative estimate of drug-likeness (QED) is 0.277. The molecule has 2 atom stereocenters. The molecule has 2 aromatic heterocycles. The number of hydrogen-bond donors (Lipinski definition) is 1. The van der Waals surface area contributed by atoms with E-state index in [1.54, 1.807) is 34.6 Å². The Bertz CT molecular complexity index is 1370. The van der Waals surface area contributed by atoms with Crippen LogP contribution in [-0.2, 0) is 0 Å². The van der Waals surface area contributed by atoms with Gasteiger partial charge in [0.25, 0.3) is 5.91 Å². The number of anilines is 2. The van der Waals surface area contributed by atoms with Crippen molar-refractivity contribution in [2.24, 2.45) is 0 Å². The van der Waals surface area contributed by atoms with Gasteiger partial charge in [-0.05, 0) is 52.9 Å². The molecule has 1 N–H and O–H groups in total. The van der Waals surface area contributed by atoms with Gasteiger partial charge in [-0.3, -0.25) is 9.69 Å². The van der Waals surface area contributed by atoms with Gasteiger partial charge in [0.1, 0.15) is 24.0 Å². The first-order valence-corrected chi connectivity index (χ1v) is 12.5. The number of allylic oxidation sites excluding steroid dienone is 1. The van der Waals surface area contributed by atoms with Gasteiger partial charge in [-0.25, -0.2) is 19.3 Å². The van der Waals surface area contributed by atoms with Crippen LogP contribution in [0.3, 0.4) is 0 Å². The van der Waals surface area contributed by atoms with E-state index in [9.17, 15) is 9.18 Å². The Hall–Kier alpha value is -3.64. The maximum atomic E-state index is 15.0. The minimum atomic E-state index is -0.541. The number of halogens is 1. The number of aromatic nitrogens is 4. The lowest BCUT2D eigenvalue weighted by Gasteiger charge is -2.32. The summed E-state index contributed by atoms with van der Waals surface area (Å²) in [5, 5.41) is 3.51. The number of fused-ring (bicyclic) bond motifs is 1. The minimum Gasteiger partial charge on any atom is -0.360 e. The Balaban J connectivity index is 1.85. The number of unbranched alkanes of at least 4 members (excludes halogenated alkanes) is 1. The van der Waals surface area contributed by atoms with Crippen LogP contribution in [0.5, 0.6) is 0 Å². The zero-order chi connectivity index (χ0) is 25.7. The Kier molecular flexibility index (Phi) is 8.06. The molecule has 0 aliphatic heterocycles. The molecular weight excluding hydrogens is 474 g/mol. The number of hydrogen-bond acceptors (Lipinski definition) is 5. The Labute approximate surface area is 212 Å². The maximum Gasteiger partial charge on any atom is 0.265 e. The van der Waals surface area contributed by atoms with Gasteiger partial charge in [0.15, 0.2) is 11.5 Å². The van der Waals surface area contributed by atoms with Crippen LogP contribution in [0.1, 0.15) is 49.0 Å². The lowest BCUT2D eigenvalue weighted by molar-refractivity contribution is 0.0989. The summed E-state index contributed by atoms with van der Waals surface area (Å²) in [6.45, 7) is 5.87. The topological polar surface area (TPSA) is 75.9 Å². The van der Waals surface area contributed by atoms with Crippen molar-refractivity contribution in [2.75, 3.05) is 10.2 Å². The highest BCUT2D eigenvalue weighted by molar-refractivity contribution is 7.14. The second kappa shape index (κ2) is 11.4. The van der Waals surface area contributed by atoms with Gasteiger partial charge in [-0.2, -0.15) is 0 Å². The first kappa shape index (κ1) is 25.5. The molecule has 36 heavy (non-hydrogen) atoms. The standard InChI is InChI=1S/C27H30FN6OP/c1-4-6-15-22(21(5-2)32-26-24-25(29-16-30-26)31-17-33(24)36)34(19-12-8-7-9-13-19)27(35)23-18(3)11-10-14-20(23)28/h7-17,21H,4-6,36H2,1-3H3,(H,29,30,32)/b22-15+. The summed E-state index contributed by atoms with van der Waals surface area (Å²) >= 11 is 0. The van der Waals surface area contributed by atoms with E-state index >= 15 is 0 Å². The summed E-state index contributed by atoms with van der Waals surface area (Å²) in [5.41, 5.74) is 3.34. The highest BCUT2D eigenvalue weighted by Crippen LogP contribution is 2.30. The normalized spacial score (nSPS) is 12.5. The SMILES string of the molecule is CCC/C=C(\C(CC)Nc1ncnc2ncn(P)c12)N(C(=O)c1c(C)cccc1F)c1ccccc1. The smallest absolute Gasteiger partial charge is 0.265 e. The maximum absolute atomic E-state index is 15.0. The highest BCUT2D eigenvalue weighted by Gasteiger charge is 2.30. The van der Waals surface area contributed by atoms with E-state index in [-0.39, 0.29) is 11.6 Å². The third-order valence-corrected chi connectivity index (χ3v) is 6.39. The van der Waals surface area contributed by atoms with Gasteiger partial charge in [-0.1, -0.05) is 56.7 Å². The van der Waals surface area contributed by atoms with Crippen LogP contribution in [0.25, 0.3) is 11.2 Å². The van der Waals surface area contributed by atoms with Gasteiger partial charge < -0.3 is 9.65 Å². The Morgan fingerprint density at radius 2 is 1.92 bits per heavy atom. The van der Waals surface area contributed by atoms with Crippen molar-refractivity contribution in [1.29, 1.82) is 0 Å². The first-order valence-electron chi connectivity index (χ1n) is 12.0. The number of carbonyl (C=O) groups excluding carboxylic acids is 1. The molecule has 1 amide bonds. The number of carbonyl (C=O) groups is 1. The minimum absolute atomic E-state index is 0.0612. The highest BCUT2D eigenvalue weighted by atomic mass is 31.0. The van der Waals surface area contributed by atoms with Crippen LogP contribution in [-0.4, -0.2) is 31.2 Å². The molecule has 0 radical (unpaired) electrons. The third-order valence-electron chi connectivity index (χ3n) is 6.00. The Morgan fingerprint density at radius 1 is 1.14 bits per heavy atom. The second-order valence-electron chi connectivity index (χ2n) is 8.48. The van der Waals surface area contributed by atoms with E-state index in [2.05, 4.69) is 42.7 Å². The average molecular weight is 505 g/mol. The predicted molar refractivity (Wildman–Crippen MR) is 146 cm³/mol. The fourth-order valence-electron chi connectivity index (χ4n) is 4.19. The molecule has 4 aromatic rings. The molecule has 0 spiro atoms. The van der Waals surface area contributed by atoms with Gasteiger partial charge >= 0.3 is 0 Å². The van der Waals surface area contributed by atoms with E-state index in [0.29, 0.717) is 29.1 Å². The molecule has 0 bridgehead atoms. The molecule has 0 saturated heterocycles. The number of nitrogens with one attached hydrogen (secondary N) is 1. The molecule has 186 valence electrons. The molecule has 0 aliphatic carbocycles. The van der Waals surface area contributed by atoms with Gasteiger partial charge in [-0.15, -0.1) is 0 Å². The van der Waals surface area contributed by atoms with Crippen molar-refractivity contribution in [1.82, 2.24) is 19.3 Å². The number of aryl methyl sites for hydroxylation is 1. The molecule has 2 aromatic carbocycles. The summed E-state index contributed by atoms with van der Waals surface area (Å²) in [4.78, 5) is 28.7. The van der Waals surface area contributed by atoms with Crippen LogP contribution in [0.2, 0.25) is 0 Å². The molecular formula is C27H30FN6OP. The summed E-state index contributed by atoms with van der Waals surface area (Å²) in [7, 11) is 2.59. The fourth-order valence-corrected chi connectivity index (χ4v) is 4.49. The van der Waals surface area contributed by atoms with E-state index in [1.807, 2.05) is 37.3 Å². The number of para-hydroxylation sites is 1. The number of nitrogens with zero attached hydrogens (tertiary/aromatic N) is 5. The summed E-state index contributed by atoms with van der Waals surface area (Å²) in [6.07, 6.45) is 7.47. The lowest BCUT2D eigenvalue weighted by atomic mass is 10.0. The van der Waals surface area contributed by atoms with E-state index in [4.69, 9.17) is 0 Å². The molecule has 0 aliphatic rings. The third kappa shape index (κ3) is 5.14. The van der Waals surface area contributed by atoms with Crippen LogP contribution in [0, 0.1) is 12.7 Å². The molecule has 9 heteroatoms. The van der Waals surface area contributed by atoms with E-state index in [1.165, 1.54) is 12.4 Å². The number of benzene rings is 2. The van der Waals surface area contributed by atoms with Crippen molar-refractivity contribution in [3.8, 4) is 0 Å². The Morgan fingerprint density at radius 3 is 2.61 bits per heavy atom. The summed E-state index contributed by atoms with van der Waals surface area (Å²) in [6, 6.07) is 13.8. The zero-order valence-electron chi connectivity index (χ0n) is 20.6. The van der Waals surface area contributed by atoms with Crippen LogP contribution < -0.4 is 10.2 Å². The van der Waals surface area contributed by atoms with Gasteiger partial charge in [0.05, 0.1) is 11.6 Å². The average Bonchev–Trinajstić information content (AvgIpc) is 3.27. The van der Waals surface area contributed by atoms with Crippen LogP contribution in [0.15, 0.2) is 73.0 Å². The second-order valence-corrected chi connectivity index (χ2v) is 9.03. The van der Waals surface area contributed by atoms with Crippen molar-refractivity contribution in [3.05, 3.63) is 89.9 Å². The lowest BCUT2D eigenvalue weighted by Crippen LogP contribution is -2.39. The van der Waals surface area contributed by atoms with Crippen molar-refractivity contribution >= 4 is 38.0 Å². The summed E-state index contributed by atoms with van der Waals surface area (Å²) < 4.78 is 16.8. The number of rotatable bonds is 9. The van der Waals surface area contributed by atoms with Crippen molar-refractivity contribution in [2.45, 2.75) is 46.1 Å². The van der Waals surface area contributed by atoms with Gasteiger partial charge in [0, 0.05) is 11.4 Å². The van der Waals surface area contributed by atoms with E-state index < -0.39 is 11.7 Å². The number of imidazole rings is 1. The molecule has 4 rings (SSSR count). The molecule has 2 heterocycles. The molecule has 2 unspecified atom stereocenters. The zero-order valence-corrected chi connectivity index (χ0v) is 21.8. The summed E-state index contributed by atoms with van der Waals surface area (Å²) in [5.74, 6) is -0.353. The predicted octanol–water partition coefficient (Wildman–Crippen LogP) is 6.13. The number of amides is 1. The van der Waals surface area contributed by atoms with Crippen molar-refractivity contribution in [3.63, 3.8) is 0 Å². The fraction of sp³-hybridized carbons (Fsp3) is 0.259. The van der Waals surface area contributed by atoms with Crippen LogP contribution in [0.4, 0.5) is 15.9 Å². The molecule has 0 fully saturated rings. The van der Waals surface area contributed by atoms with Crippen LogP contribution >= 0.6 is 9.39 Å². The largest absolute Gasteiger partial charge is 0.360 e. The van der Waals surface area contributed by atoms with Crippen molar-refractivity contribution < 1.29 is 9.18 Å².